The van der Waals surface area contributed by atoms with Crippen LogP contribution in [-0.2, 0) is 24.3 Å². The lowest BCUT2D eigenvalue weighted by molar-refractivity contribution is -0.126. The molecule has 0 radical (unpaired) electrons. The minimum absolute atomic E-state index is 0.0218. The summed E-state index contributed by atoms with van der Waals surface area (Å²) in [6.07, 6.45) is 1.72. The number of fused-ring (bicyclic) bond motifs is 1. The fraction of sp³-hybridized carbons (Fsp3) is 0.500. The van der Waals surface area contributed by atoms with Crippen LogP contribution in [0.15, 0.2) is 18.2 Å². The molecule has 2 aromatic rings. The molecule has 0 spiro atoms. The lowest BCUT2D eigenvalue weighted by atomic mass is 9.95. The van der Waals surface area contributed by atoms with Crippen LogP contribution in [0, 0.1) is 19.8 Å². The number of hydrogen-bond donors (Lipinski definition) is 1. The summed E-state index contributed by atoms with van der Waals surface area (Å²) in [5, 5.41) is 7.63. The maximum Gasteiger partial charge on any atom is 0.227 e. The number of hydrogen-bond acceptors (Lipinski definition) is 4. The zero-order chi connectivity index (χ0) is 18.7. The number of amides is 1. The first kappa shape index (κ1) is 18.3. The zero-order valence-corrected chi connectivity index (χ0v) is 16.0. The number of methoxy groups -OCH3 is 1. The molecule has 0 bridgehead atoms. The highest BCUT2D eigenvalue weighted by atomic mass is 16.5. The Kier molecular flexibility index (Phi) is 5.49. The Hall–Kier alpha value is -2.50. The molecule has 1 amide bonds. The Morgan fingerprint density at radius 2 is 2.23 bits per heavy atom. The van der Waals surface area contributed by atoms with Crippen molar-refractivity contribution in [2.75, 3.05) is 13.7 Å². The van der Waals surface area contributed by atoms with Crippen molar-refractivity contribution in [2.24, 2.45) is 5.92 Å². The highest BCUT2D eigenvalue weighted by Crippen LogP contribution is 2.31. The molecule has 1 atom stereocenters. The molecule has 6 heteroatoms. The van der Waals surface area contributed by atoms with Gasteiger partial charge in [0.25, 0.3) is 0 Å². The fourth-order valence-corrected chi connectivity index (χ4v) is 3.39. The van der Waals surface area contributed by atoms with E-state index in [0.29, 0.717) is 19.6 Å². The summed E-state index contributed by atoms with van der Waals surface area (Å²) < 4.78 is 13.0. The second kappa shape index (κ2) is 7.81. The number of nitrogens with zero attached hydrogens (tertiary/aromatic N) is 2. The minimum atomic E-state index is -0.179. The van der Waals surface area contributed by atoms with Crippen LogP contribution in [0.25, 0.3) is 0 Å². The number of carbonyl (C=O) groups is 1. The molecular formula is C20H27N3O3. The van der Waals surface area contributed by atoms with E-state index in [1.807, 2.05) is 29.8 Å². The van der Waals surface area contributed by atoms with Crippen LogP contribution < -0.4 is 14.8 Å². The third kappa shape index (κ3) is 3.69. The molecule has 3 rings (SSSR count). The molecule has 6 nitrogen and oxygen atoms in total. The van der Waals surface area contributed by atoms with Gasteiger partial charge in [0.15, 0.2) is 0 Å². The molecule has 0 aliphatic carbocycles. The standard InChI is InChI=1S/C20H27N3O3/c1-5-8-23-14(3)18(13(2)22-23)11-21-20(24)16-9-15-6-7-17(25-4)10-19(15)26-12-16/h6-7,10,16H,5,8-9,11-12H2,1-4H3,(H,21,24)/t16-/m1/s1. The summed E-state index contributed by atoms with van der Waals surface area (Å²) in [5.41, 5.74) is 4.25. The van der Waals surface area contributed by atoms with Gasteiger partial charge in [0.2, 0.25) is 5.91 Å². The van der Waals surface area contributed by atoms with Gasteiger partial charge < -0.3 is 14.8 Å². The number of benzene rings is 1. The normalized spacial score (nSPS) is 15.9. The molecule has 0 saturated carbocycles. The summed E-state index contributed by atoms with van der Waals surface area (Å²) in [6.45, 7) is 7.98. The smallest absolute Gasteiger partial charge is 0.227 e. The second-order valence-corrected chi connectivity index (χ2v) is 6.78. The van der Waals surface area contributed by atoms with Gasteiger partial charge >= 0.3 is 0 Å². The maximum atomic E-state index is 12.6. The quantitative estimate of drug-likeness (QED) is 0.863. The van der Waals surface area contributed by atoms with Crippen molar-refractivity contribution in [1.82, 2.24) is 15.1 Å². The van der Waals surface area contributed by atoms with Crippen molar-refractivity contribution in [3.63, 3.8) is 0 Å². The summed E-state index contributed by atoms with van der Waals surface area (Å²) >= 11 is 0. The molecule has 26 heavy (non-hydrogen) atoms. The van der Waals surface area contributed by atoms with Crippen LogP contribution >= 0.6 is 0 Å². The van der Waals surface area contributed by atoms with Gasteiger partial charge in [-0.2, -0.15) is 5.10 Å². The van der Waals surface area contributed by atoms with Gasteiger partial charge in [-0.15, -0.1) is 0 Å². The molecule has 0 unspecified atom stereocenters. The highest BCUT2D eigenvalue weighted by Gasteiger charge is 2.26. The number of ether oxygens (including phenoxy) is 2. The van der Waals surface area contributed by atoms with Crippen molar-refractivity contribution >= 4 is 5.91 Å². The van der Waals surface area contributed by atoms with Gasteiger partial charge in [0.05, 0.1) is 18.7 Å². The Morgan fingerprint density at radius 3 is 2.96 bits per heavy atom. The summed E-state index contributed by atoms with van der Waals surface area (Å²) in [4.78, 5) is 12.6. The highest BCUT2D eigenvalue weighted by molar-refractivity contribution is 5.79. The molecule has 0 fully saturated rings. The summed E-state index contributed by atoms with van der Waals surface area (Å²) in [7, 11) is 1.63. The molecule has 1 aromatic carbocycles. The lowest BCUT2D eigenvalue weighted by Gasteiger charge is -2.25. The van der Waals surface area contributed by atoms with Gasteiger partial charge in [0.1, 0.15) is 18.1 Å². The van der Waals surface area contributed by atoms with Crippen molar-refractivity contribution in [2.45, 2.75) is 46.7 Å². The Labute approximate surface area is 154 Å². The van der Waals surface area contributed by atoms with Crippen LogP contribution in [0.1, 0.15) is 35.9 Å². The molecule has 140 valence electrons. The molecule has 1 aliphatic rings. The third-order valence-corrected chi connectivity index (χ3v) is 4.96. The molecular weight excluding hydrogens is 330 g/mol. The summed E-state index contributed by atoms with van der Waals surface area (Å²) in [6, 6.07) is 5.74. The average molecular weight is 357 g/mol. The Bertz CT molecular complexity index is 798. The van der Waals surface area contributed by atoms with Crippen LogP contribution in [-0.4, -0.2) is 29.4 Å². The first-order valence-corrected chi connectivity index (χ1v) is 9.13. The van der Waals surface area contributed by atoms with Crippen molar-refractivity contribution < 1.29 is 14.3 Å². The number of rotatable bonds is 6. The van der Waals surface area contributed by atoms with E-state index in [4.69, 9.17) is 9.47 Å². The predicted molar refractivity (Wildman–Crippen MR) is 99.5 cm³/mol. The van der Waals surface area contributed by atoms with E-state index >= 15 is 0 Å². The van der Waals surface area contributed by atoms with E-state index in [0.717, 1.165) is 47.0 Å². The number of aryl methyl sites for hydroxylation is 2. The van der Waals surface area contributed by atoms with Crippen LogP contribution in [0.3, 0.4) is 0 Å². The van der Waals surface area contributed by atoms with Gasteiger partial charge in [-0.25, -0.2) is 0 Å². The summed E-state index contributed by atoms with van der Waals surface area (Å²) in [5.74, 6) is 1.42. The van der Waals surface area contributed by atoms with E-state index in [1.54, 1.807) is 7.11 Å². The zero-order valence-electron chi connectivity index (χ0n) is 16.0. The van der Waals surface area contributed by atoms with Crippen LogP contribution in [0.5, 0.6) is 11.5 Å². The predicted octanol–water partition coefficient (Wildman–Crippen LogP) is 2.79. The SMILES string of the molecule is CCCn1nc(C)c(CNC(=O)[C@H]2COc3cc(OC)ccc3C2)c1C. The van der Waals surface area contributed by atoms with Crippen LogP contribution in [0.4, 0.5) is 0 Å². The second-order valence-electron chi connectivity index (χ2n) is 6.78. The van der Waals surface area contributed by atoms with Crippen molar-refractivity contribution in [3.8, 4) is 11.5 Å². The molecule has 1 N–H and O–H groups in total. The van der Waals surface area contributed by atoms with Gasteiger partial charge in [-0.1, -0.05) is 13.0 Å². The maximum absolute atomic E-state index is 12.6. The largest absolute Gasteiger partial charge is 0.497 e. The minimum Gasteiger partial charge on any atom is -0.497 e. The van der Waals surface area contributed by atoms with Crippen molar-refractivity contribution in [1.29, 1.82) is 0 Å². The van der Waals surface area contributed by atoms with E-state index in [2.05, 4.69) is 24.3 Å². The first-order chi connectivity index (χ1) is 12.5. The van der Waals surface area contributed by atoms with E-state index in [1.165, 1.54) is 0 Å². The van der Waals surface area contributed by atoms with Crippen LogP contribution in [0.2, 0.25) is 0 Å². The van der Waals surface area contributed by atoms with Crippen molar-refractivity contribution in [3.05, 3.63) is 40.7 Å². The van der Waals surface area contributed by atoms with E-state index in [9.17, 15) is 4.79 Å². The van der Waals surface area contributed by atoms with E-state index < -0.39 is 0 Å². The Balaban J connectivity index is 1.62. The van der Waals surface area contributed by atoms with Gasteiger partial charge in [-0.3, -0.25) is 9.48 Å². The van der Waals surface area contributed by atoms with E-state index in [-0.39, 0.29) is 11.8 Å². The van der Waals surface area contributed by atoms with Gasteiger partial charge in [0, 0.05) is 30.4 Å². The molecule has 0 saturated heterocycles. The first-order valence-electron chi connectivity index (χ1n) is 9.13. The molecule has 1 aromatic heterocycles. The fourth-order valence-electron chi connectivity index (χ4n) is 3.39. The number of nitrogens with one attached hydrogen (secondary N) is 1. The third-order valence-electron chi connectivity index (χ3n) is 4.96. The monoisotopic (exact) mass is 357 g/mol. The number of aromatic nitrogens is 2. The van der Waals surface area contributed by atoms with Gasteiger partial charge in [-0.05, 0) is 38.3 Å². The average Bonchev–Trinajstić information content (AvgIpc) is 2.92. The molecule has 1 aliphatic heterocycles. The lowest BCUT2D eigenvalue weighted by Crippen LogP contribution is -2.37. The molecule has 2 heterocycles. The topological polar surface area (TPSA) is 65.4 Å². The Morgan fingerprint density at radius 1 is 1.42 bits per heavy atom. The number of carbonyl (C=O) groups excluding carboxylic acids is 1.